The van der Waals surface area contributed by atoms with E-state index in [2.05, 4.69) is 19.9 Å². The quantitative estimate of drug-likeness (QED) is 0.430. The van der Waals surface area contributed by atoms with Gasteiger partial charge in [0.1, 0.15) is 28.4 Å². The molecule has 1 aromatic carbocycles. The lowest BCUT2D eigenvalue weighted by Gasteiger charge is -2.46. The highest BCUT2D eigenvalue weighted by molar-refractivity contribution is 6.05. The Morgan fingerprint density at radius 2 is 1.93 bits per heavy atom. The zero-order chi connectivity index (χ0) is 20.8. The van der Waals surface area contributed by atoms with Gasteiger partial charge in [-0.3, -0.25) is 9.59 Å². The van der Waals surface area contributed by atoms with Crippen LogP contribution in [0.15, 0.2) is 11.6 Å². The zero-order valence-electron chi connectivity index (χ0n) is 17.3. The summed E-state index contributed by atoms with van der Waals surface area (Å²) in [5.41, 5.74) is 1.11. The van der Waals surface area contributed by atoms with E-state index < -0.39 is 11.4 Å². The first-order valence-corrected chi connectivity index (χ1v) is 10.1. The molecule has 3 rings (SSSR count). The normalized spacial score (nSPS) is 23.7. The molecule has 2 unspecified atom stereocenters. The van der Waals surface area contributed by atoms with Crippen molar-refractivity contribution in [3.8, 4) is 17.2 Å². The van der Waals surface area contributed by atoms with Crippen molar-refractivity contribution < 1.29 is 24.5 Å². The van der Waals surface area contributed by atoms with Crippen LogP contribution in [0.3, 0.4) is 0 Å². The number of hydrogen-bond donors (Lipinski definition) is 2. The van der Waals surface area contributed by atoms with Gasteiger partial charge in [0.2, 0.25) is 0 Å². The Hall–Kier alpha value is -2.30. The number of carbonyl (C=O) groups is 2. The molecule has 1 heterocycles. The molecule has 2 atom stereocenters. The Balaban J connectivity index is 2.14. The van der Waals surface area contributed by atoms with Crippen molar-refractivity contribution in [1.29, 1.82) is 0 Å². The number of rotatable bonds is 5. The summed E-state index contributed by atoms with van der Waals surface area (Å²) in [6.45, 7) is 10.2. The second-order valence-corrected chi connectivity index (χ2v) is 9.09. The van der Waals surface area contributed by atoms with Gasteiger partial charge in [-0.2, -0.15) is 0 Å². The fraction of sp³-hybridized carbons (Fsp3) is 0.565. The summed E-state index contributed by atoms with van der Waals surface area (Å²) < 4.78 is 6.35. The fourth-order valence-corrected chi connectivity index (χ4v) is 4.37. The van der Waals surface area contributed by atoms with Crippen LogP contribution in [0.4, 0.5) is 0 Å². The zero-order valence-corrected chi connectivity index (χ0v) is 17.3. The van der Waals surface area contributed by atoms with E-state index in [1.165, 1.54) is 5.57 Å². The molecule has 0 bridgehead atoms. The van der Waals surface area contributed by atoms with Crippen LogP contribution in [-0.2, 0) is 6.42 Å². The summed E-state index contributed by atoms with van der Waals surface area (Å²) in [5, 5.41) is 21.3. The highest BCUT2D eigenvalue weighted by atomic mass is 16.5. The van der Waals surface area contributed by atoms with Crippen LogP contribution in [-0.4, -0.2) is 27.9 Å². The number of aldehydes is 1. The van der Waals surface area contributed by atoms with Gasteiger partial charge in [0, 0.05) is 24.3 Å². The smallest absolute Gasteiger partial charge is 0.170 e. The predicted octanol–water partition coefficient (Wildman–Crippen LogP) is 4.83. The van der Waals surface area contributed by atoms with E-state index in [0.29, 0.717) is 30.6 Å². The SMILES string of the molecule is CC(C)CC(=O)c1c(O)c(C=O)c(O)c2c1OC1(C)CC=C(C(C)C)CC1C2. The summed E-state index contributed by atoms with van der Waals surface area (Å²) in [6.07, 6.45) is 4.90. The molecule has 2 N–H and O–H groups in total. The Bertz CT molecular complexity index is 849. The lowest BCUT2D eigenvalue weighted by atomic mass is 9.70. The molecule has 0 aromatic heterocycles. The molecule has 0 fully saturated rings. The van der Waals surface area contributed by atoms with Gasteiger partial charge in [0.25, 0.3) is 0 Å². The first-order chi connectivity index (χ1) is 13.1. The van der Waals surface area contributed by atoms with Gasteiger partial charge in [-0.1, -0.05) is 39.3 Å². The number of ether oxygens (including phenoxy) is 1. The monoisotopic (exact) mass is 386 g/mol. The number of ketones is 1. The average molecular weight is 386 g/mol. The van der Waals surface area contributed by atoms with Crippen molar-refractivity contribution in [2.75, 3.05) is 0 Å². The molecule has 0 saturated heterocycles. The Labute approximate surface area is 166 Å². The van der Waals surface area contributed by atoms with Gasteiger partial charge in [0.05, 0.1) is 5.56 Å². The van der Waals surface area contributed by atoms with Crippen molar-refractivity contribution in [3.63, 3.8) is 0 Å². The molecule has 28 heavy (non-hydrogen) atoms. The molecule has 0 radical (unpaired) electrons. The van der Waals surface area contributed by atoms with Crippen LogP contribution in [0, 0.1) is 17.8 Å². The highest BCUT2D eigenvalue weighted by Gasteiger charge is 2.46. The number of benzene rings is 1. The third-order valence-corrected chi connectivity index (χ3v) is 6.17. The second-order valence-electron chi connectivity index (χ2n) is 9.09. The van der Waals surface area contributed by atoms with E-state index in [1.54, 1.807) is 0 Å². The molecule has 5 heteroatoms. The van der Waals surface area contributed by atoms with E-state index in [4.69, 9.17) is 4.74 Å². The molecule has 1 aliphatic carbocycles. The van der Waals surface area contributed by atoms with E-state index in [1.807, 2.05) is 20.8 Å². The minimum absolute atomic E-state index is 0.0295. The molecule has 1 aromatic rings. The third kappa shape index (κ3) is 3.31. The van der Waals surface area contributed by atoms with Crippen molar-refractivity contribution in [2.45, 2.75) is 65.9 Å². The first kappa shape index (κ1) is 20.4. The summed E-state index contributed by atoms with van der Waals surface area (Å²) in [4.78, 5) is 24.4. The molecule has 0 spiro atoms. The lowest BCUT2D eigenvalue weighted by Crippen LogP contribution is -2.47. The van der Waals surface area contributed by atoms with Gasteiger partial charge in [-0.05, 0) is 31.6 Å². The number of hydrogen-bond acceptors (Lipinski definition) is 5. The Morgan fingerprint density at radius 1 is 1.25 bits per heavy atom. The van der Waals surface area contributed by atoms with E-state index >= 15 is 0 Å². The van der Waals surface area contributed by atoms with Crippen molar-refractivity contribution >= 4 is 12.1 Å². The average Bonchev–Trinajstić information content (AvgIpc) is 2.59. The third-order valence-electron chi connectivity index (χ3n) is 6.17. The summed E-state index contributed by atoms with van der Waals surface area (Å²) in [7, 11) is 0. The molecule has 1 aliphatic heterocycles. The van der Waals surface area contributed by atoms with Crippen LogP contribution in [0.1, 0.15) is 80.2 Å². The van der Waals surface area contributed by atoms with Crippen LogP contribution < -0.4 is 4.74 Å². The van der Waals surface area contributed by atoms with E-state index in [0.717, 1.165) is 6.42 Å². The number of aromatic hydroxyl groups is 2. The van der Waals surface area contributed by atoms with Gasteiger partial charge in [0.15, 0.2) is 12.1 Å². The molecule has 0 saturated carbocycles. The Morgan fingerprint density at radius 3 is 2.50 bits per heavy atom. The minimum atomic E-state index is -0.514. The Kier molecular flexibility index (Phi) is 5.30. The molecule has 5 nitrogen and oxygen atoms in total. The highest BCUT2D eigenvalue weighted by Crippen LogP contribution is 2.52. The van der Waals surface area contributed by atoms with Crippen LogP contribution in [0.25, 0.3) is 0 Å². The number of Topliss-reactive ketones (excluding diaryl/α,β-unsaturated/α-hetero) is 1. The topological polar surface area (TPSA) is 83.8 Å². The van der Waals surface area contributed by atoms with Gasteiger partial charge in [-0.15, -0.1) is 0 Å². The molecular weight excluding hydrogens is 356 g/mol. The maximum atomic E-state index is 12.9. The second kappa shape index (κ2) is 7.26. The molecular formula is C23H30O5. The maximum Gasteiger partial charge on any atom is 0.170 e. The predicted molar refractivity (Wildman–Crippen MR) is 107 cm³/mol. The van der Waals surface area contributed by atoms with Crippen LogP contribution in [0.2, 0.25) is 0 Å². The van der Waals surface area contributed by atoms with Crippen LogP contribution >= 0.6 is 0 Å². The van der Waals surface area contributed by atoms with Gasteiger partial charge in [-0.25, -0.2) is 0 Å². The molecule has 2 aliphatic rings. The van der Waals surface area contributed by atoms with Gasteiger partial charge < -0.3 is 14.9 Å². The molecule has 0 amide bonds. The maximum absolute atomic E-state index is 12.9. The van der Waals surface area contributed by atoms with Crippen molar-refractivity contribution in [1.82, 2.24) is 0 Å². The van der Waals surface area contributed by atoms with E-state index in [-0.39, 0.29) is 46.7 Å². The van der Waals surface area contributed by atoms with Crippen molar-refractivity contribution in [2.24, 2.45) is 17.8 Å². The number of phenolic OH excluding ortho intramolecular Hbond substituents is 2. The summed E-state index contributed by atoms with van der Waals surface area (Å²) in [6, 6.07) is 0. The molecule has 152 valence electrons. The number of fused-ring (bicyclic) bond motifs is 2. The lowest BCUT2D eigenvalue weighted by molar-refractivity contribution is 0.00334. The summed E-state index contributed by atoms with van der Waals surface area (Å²) >= 11 is 0. The number of phenols is 2. The van der Waals surface area contributed by atoms with Crippen molar-refractivity contribution in [3.05, 3.63) is 28.3 Å². The summed E-state index contributed by atoms with van der Waals surface area (Å²) in [5.74, 6) is -0.123. The van der Waals surface area contributed by atoms with Crippen LogP contribution in [0.5, 0.6) is 17.2 Å². The largest absolute Gasteiger partial charge is 0.507 e. The van der Waals surface area contributed by atoms with E-state index in [9.17, 15) is 19.8 Å². The number of allylic oxidation sites excluding steroid dienone is 1. The number of carbonyl (C=O) groups excluding carboxylic acids is 2. The minimum Gasteiger partial charge on any atom is -0.507 e. The van der Waals surface area contributed by atoms with Gasteiger partial charge >= 0.3 is 0 Å². The standard InChI is InChI=1S/C23H30O5/c1-12(2)8-18(25)19-21(27)17(11-24)20(26)16-10-15-9-14(13(3)4)6-7-23(15,5)28-22(16)19/h6,11-13,15,26-27H,7-10H2,1-5H3. The first-order valence-electron chi connectivity index (χ1n) is 10.1. The fourth-order valence-electron chi connectivity index (χ4n) is 4.37.